The molecule has 3 aromatic rings. The van der Waals surface area contributed by atoms with E-state index in [4.69, 9.17) is 14.7 Å². The monoisotopic (exact) mass is 567 g/mol. The molecule has 2 aromatic heterocycles. The van der Waals surface area contributed by atoms with Crippen molar-refractivity contribution in [3.05, 3.63) is 52.6 Å². The van der Waals surface area contributed by atoms with E-state index >= 15 is 0 Å². The lowest BCUT2D eigenvalue weighted by Crippen LogP contribution is -2.47. The van der Waals surface area contributed by atoms with Crippen LogP contribution in [-0.4, -0.2) is 45.4 Å². The number of ether oxygens (including phenoxy) is 1. The van der Waals surface area contributed by atoms with Gasteiger partial charge in [-0.15, -0.1) is 35.3 Å². The third-order valence-electron chi connectivity index (χ3n) is 5.15. The molecule has 1 aliphatic heterocycles. The fourth-order valence-corrected chi connectivity index (χ4v) is 4.60. The van der Waals surface area contributed by atoms with Crippen LogP contribution in [0, 0.1) is 6.92 Å². The molecule has 0 fully saturated rings. The van der Waals surface area contributed by atoms with Crippen molar-refractivity contribution in [1.29, 1.82) is 0 Å². The summed E-state index contributed by atoms with van der Waals surface area (Å²) >= 11 is 1.71. The Bertz CT molecular complexity index is 1030. The maximum absolute atomic E-state index is 5.16. The van der Waals surface area contributed by atoms with E-state index in [9.17, 15) is 0 Å². The van der Waals surface area contributed by atoms with E-state index in [1.54, 1.807) is 18.4 Å². The Balaban J connectivity index is 0.00000289. The maximum Gasteiger partial charge on any atom is 0.191 e. The van der Waals surface area contributed by atoms with Gasteiger partial charge in [-0.25, -0.2) is 19.6 Å². The molecular weight excluding hydrogens is 537 g/mol. The number of nitrogens with zero attached hydrogens (tertiary/aromatic N) is 5. The van der Waals surface area contributed by atoms with Crippen molar-refractivity contribution < 1.29 is 4.74 Å². The van der Waals surface area contributed by atoms with Crippen molar-refractivity contribution in [3.63, 3.8) is 0 Å². The third kappa shape index (κ3) is 6.04. The molecule has 172 valence electrons. The molecule has 0 aliphatic carbocycles. The third-order valence-corrected chi connectivity index (χ3v) is 6.35. The molecule has 0 bridgehead atoms. The highest BCUT2D eigenvalue weighted by molar-refractivity contribution is 14.0. The average molecular weight is 568 g/mol. The Kier molecular flexibility index (Phi) is 9.00. The van der Waals surface area contributed by atoms with Crippen LogP contribution in [0.25, 0.3) is 10.6 Å². The van der Waals surface area contributed by atoms with Crippen LogP contribution in [-0.2, 0) is 30.9 Å². The largest absolute Gasteiger partial charge is 0.377 e. The molecule has 1 aromatic carbocycles. The lowest BCUT2D eigenvalue weighted by atomic mass is 10.1. The van der Waals surface area contributed by atoms with Gasteiger partial charge in [0, 0.05) is 36.6 Å². The Labute approximate surface area is 209 Å². The molecule has 1 atom stereocenters. The van der Waals surface area contributed by atoms with Gasteiger partial charge in [0.1, 0.15) is 17.4 Å². The number of fused-ring (bicyclic) bond motifs is 1. The SMILES string of the molecule is CCNC(=NCc1sc(-c2ccccc2)nc1C)NC1CCc2nc(COC)nn2C1.I. The number of rotatable bonds is 7. The van der Waals surface area contributed by atoms with Gasteiger partial charge in [0.05, 0.1) is 18.8 Å². The van der Waals surface area contributed by atoms with Gasteiger partial charge >= 0.3 is 0 Å². The van der Waals surface area contributed by atoms with Gasteiger partial charge in [-0.05, 0) is 20.3 Å². The van der Waals surface area contributed by atoms with Crippen molar-refractivity contribution >= 4 is 41.3 Å². The van der Waals surface area contributed by atoms with Crippen LogP contribution in [0.1, 0.15) is 35.6 Å². The number of aromatic nitrogens is 4. The Morgan fingerprint density at radius 3 is 2.84 bits per heavy atom. The summed E-state index contributed by atoms with van der Waals surface area (Å²) in [6.07, 6.45) is 1.88. The van der Waals surface area contributed by atoms with Crippen molar-refractivity contribution in [3.8, 4) is 10.6 Å². The number of guanidine groups is 1. The average Bonchev–Trinajstić information content (AvgIpc) is 3.35. The molecule has 1 unspecified atom stereocenters. The van der Waals surface area contributed by atoms with E-state index in [1.165, 1.54) is 4.88 Å². The van der Waals surface area contributed by atoms with Crippen LogP contribution in [0.5, 0.6) is 0 Å². The van der Waals surface area contributed by atoms with Crippen molar-refractivity contribution in [2.45, 2.75) is 52.4 Å². The van der Waals surface area contributed by atoms with Crippen LogP contribution in [0.3, 0.4) is 0 Å². The zero-order valence-electron chi connectivity index (χ0n) is 18.7. The number of benzene rings is 1. The second-order valence-electron chi connectivity index (χ2n) is 7.53. The Hall–Kier alpha value is -2.05. The van der Waals surface area contributed by atoms with E-state index in [1.807, 2.05) is 22.9 Å². The number of nitrogens with one attached hydrogen (secondary N) is 2. The Morgan fingerprint density at radius 2 is 2.09 bits per heavy atom. The normalized spacial score (nSPS) is 15.7. The van der Waals surface area contributed by atoms with Gasteiger partial charge in [-0.1, -0.05) is 30.3 Å². The van der Waals surface area contributed by atoms with E-state index in [2.05, 4.69) is 46.7 Å². The minimum atomic E-state index is 0. The molecule has 0 saturated carbocycles. The highest BCUT2D eigenvalue weighted by atomic mass is 127. The number of halogens is 1. The summed E-state index contributed by atoms with van der Waals surface area (Å²) in [6.45, 7) is 6.76. The molecule has 0 amide bonds. The smallest absolute Gasteiger partial charge is 0.191 e. The van der Waals surface area contributed by atoms with Crippen molar-refractivity contribution in [2.24, 2.45) is 4.99 Å². The fraction of sp³-hybridized carbons (Fsp3) is 0.455. The minimum Gasteiger partial charge on any atom is -0.377 e. The zero-order chi connectivity index (χ0) is 21.6. The predicted molar refractivity (Wildman–Crippen MR) is 138 cm³/mol. The first kappa shape index (κ1) is 24.6. The summed E-state index contributed by atoms with van der Waals surface area (Å²) in [7, 11) is 1.66. The van der Waals surface area contributed by atoms with Crippen LogP contribution in [0.4, 0.5) is 0 Å². The number of aliphatic imine (C=N–C) groups is 1. The molecule has 0 radical (unpaired) electrons. The van der Waals surface area contributed by atoms with Gasteiger partial charge < -0.3 is 15.4 Å². The first-order valence-electron chi connectivity index (χ1n) is 10.6. The predicted octanol–water partition coefficient (Wildman–Crippen LogP) is 3.54. The second-order valence-corrected chi connectivity index (χ2v) is 8.61. The number of hydrogen-bond donors (Lipinski definition) is 2. The summed E-state index contributed by atoms with van der Waals surface area (Å²) in [5.41, 5.74) is 2.19. The topological polar surface area (TPSA) is 89.2 Å². The van der Waals surface area contributed by atoms with Crippen LogP contribution in [0.15, 0.2) is 35.3 Å². The standard InChI is InChI=1S/C22H29N7OS.HI/c1-4-23-22(26-17-10-11-20-27-19(14-30-3)28-29(20)13-17)24-12-18-15(2)25-21(31-18)16-8-6-5-7-9-16;/h5-9,17H,4,10-14H2,1-3H3,(H2,23,24,26);1H. The maximum atomic E-state index is 5.16. The molecule has 10 heteroatoms. The molecule has 0 spiro atoms. The van der Waals surface area contributed by atoms with E-state index < -0.39 is 0 Å². The first-order valence-corrected chi connectivity index (χ1v) is 11.5. The van der Waals surface area contributed by atoms with Gasteiger partial charge in [0.15, 0.2) is 11.8 Å². The second kappa shape index (κ2) is 11.7. The van der Waals surface area contributed by atoms with E-state index in [-0.39, 0.29) is 30.0 Å². The number of hydrogen-bond acceptors (Lipinski definition) is 6. The zero-order valence-corrected chi connectivity index (χ0v) is 21.8. The molecule has 1 aliphatic rings. The van der Waals surface area contributed by atoms with Crippen LogP contribution >= 0.6 is 35.3 Å². The number of methoxy groups -OCH3 is 1. The first-order chi connectivity index (χ1) is 15.2. The van der Waals surface area contributed by atoms with Gasteiger partial charge in [-0.2, -0.15) is 5.10 Å². The minimum absolute atomic E-state index is 0. The lowest BCUT2D eigenvalue weighted by Gasteiger charge is -2.25. The molecule has 4 rings (SSSR count). The molecule has 8 nitrogen and oxygen atoms in total. The van der Waals surface area contributed by atoms with Gasteiger partial charge in [-0.3, -0.25) is 0 Å². The van der Waals surface area contributed by atoms with Crippen LogP contribution in [0.2, 0.25) is 0 Å². The Morgan fingerprint density at radius 1 is 1.28 bits per heavy atom. The van der Waals surface area contributed by atoms with Crippen molar-refractivity contribution in [2.75, 3.05) is 13.7 Å². The van der Waals surface area contributed by atoms with Crippen LogP contribution < -0.4 is 10.6 Å². The van der Waals surface area contributed by atoms with Gasteiger partial charge in [0.2, 0.25) is 0 Å². The van der Waals surface area contributed by atoms with E-state index in [0.29, 0.717) is 13.2 Å². The quantitative estimate of drug-likeness (QED) is 0.258. The molecule has 0 saturated heterocycles. The number of aryl methyl sites for hydroxylation is 2. The van der Waals surface area contributed by atoms with E-state index in [0.717, 1.165) is 59.8 Å². The molecule has 2 N–H and O–H groups in total. The molecule has 32 heavy (non-hydrogen) atoms. The molecular formula is C22H30IN7OS. The summed E-state index contributed by atoms with van der Waals surface area (Å²) in [4.78, 5) is 15.3. The van der Waals surface area contributed by atoms with Gasteiger partial charge in [0.25, 0.3) is 0 Å². The highest BCUT2D eigenvalue weighted by Gasteiger charge is 2.22. The summed E-state index contributed by atoms with van der Waals surface area (Å²) in [6, 6.07) is 10.5. The fourth-order valence-electron chi connectivity index (χ4n) is 3.61. The number of thiazole rings is 1. The van der Waals surface area contributed by atoms with Crippen molar-refractivity contribution in [1.82, 2.24) is 30.4 Å². The summed E-state index contributed by atoms with van der Waals surface area (Å²) in [5, 5.41) is 12.5. The lowest BCUT2D eigenvalue weighted by molar-refractivity contribution is 0.177. The highest BCUT2D eigenvalue weighted by Crippen LogP contribution is 2.28. The summed E-state index contributed by atoms with van der Waals surface area (Å²) < 4.78 is 7.14. The summed E-state index contributed by atoms with van der Waals surface area (Å²) in [5.74, 6) is 2.59. The molecule has 3 heterocycles.